The lowest BCUT2D eigenvalue weighted by molar-refractivity contribution is -0.115. The average molecular weight is 310 g/mol. The molecule has 0 saturated heterocycles. The van der Waals surface area contributed by atoms with Gasteiger partial charge in [-0.1, -0.05) is 25.8 Å². The summed E-state index contributed by atoms with van der Waals surface area (Å²) >= 11 is 0. The van der Waals surface area contributed by atoms with Crippen LogP contribution in [0.3, 0.4) is 0 Å². The van der Waals surface area contributed by atoms with Crippen molar-refractivity contribution in [3.05, 3.63) is 11.6 Å². The van der Waals surface area contributed by atoms with Gasteiger partial charge in [-0.25, -0.2) is 0 Å². The quantitative estimate of drug-likeness (QED) is 0.669. The number of allylic oxidation sites excluding steroid dienone is 2. The molecule has 4 aliphatic rings. The minimum Gasteiger partial charge on any atom is -0.295 e. The van der Waals surface area contributed by atoms with Gasteiger partial charge in [-0.15, -0.1) is 12.3 Å². The Morgan fingerprint density at radius 2 is 2.17 bits per heavy atom. The van der Waals surface area contributed by atoms with Crippen molar-refractivity contribution < 1.29 is 4.79 Å². The highest BCUT2D eigenvalue weighted by Crippen LogP contribution is 2.72. The van der Waals surface area contributed by atoms with Crippen LogP contribution in [-0.4, -0.2) is 5.78 Å². The van der Waals surface area contributed by atoms with Crippen LogP contribution in [-0.2, 0) is 4.79 Å². The second-order valence-corrected chi connectivity index (χ2v) is 9.10. The number of fused-ring (bicyclic) bond motifs is 3. The zero-order chi connectivity index (χ0) is 16.2. The fraction of sp³-hybridized carbons (Fsp3) is 0.773. The summed E-state index contributed by atoms with van der Waals surface area (Å²) in [5, 5.41) is 0. The Labute approximate surface area is 141 Å². The Morgan fingerprint density at radius 1 is 1.35 bits per heavy atom. The molecule has 4 rings (SSSR count). The molecule has 23 heavy (non-hydrogen) atoms. The van der Waals surface area contributed by atoms with Crippen molar-refractivity contribution >= 4 is 5.78 Å². The first-order valence-electron chi connectivity index (χ1n) is 9.73. The second kappa shape index (κ2) is 5.51. The van der Waals surface area contributed by atoms with E-state index < -0.39 is 0 Å². The summed E-state index contributed by atoms with van der Waals surface area (Å²) in [5.74, 6) is 8.18. The number of terminal acetylenes is 1. The van der Waals surface area contributed by atoms with E-state index in [1.807, 2.05) is 6.08 Å². The molecule has 7 atom stereocenters. The van der Waals surface area contributed by atoms with Gasteiger partial charge < -0.3 is 0 Å². The van der Waals surface area contributed by atoms with Crippen LogP contribution < -0.4 is 0 Å². The molecule has 0 aromatic heterocycles. The summed E-state index contributed by atoms with van der Waals surface area (Å²) in [4.78, 5) is 11.7. The molecule has 3 fully saturated rings. The molecule has 0 radical (unpaired) electrons. The van der Waals surface area contributed by atoms with Gasteiger partial charge in [-0.05, 0) is 79.6 Å². The summed E-state index contributed by atoms with van der Waals surface area (Å²) in [5.41, 5.74) is 1.82. The maximum absolute atomic E-state index is 11.7. The molecule has 0 amide bonds. The van der Waals surface area contributed by atoms with Crippen LogP contribution in [0, 0.1) is 53.3 Å². The molecule has 3 saturated carbocycles. The van der Waals surface area contributed by atoms with E-state index in [4.69, 9.17) is 6.42 Å². The van der Waals surface area contributed by atoms with Gasteiger partial charge in [0.15, 0.2) is 5.78 Å². The predicted octanol–water partition coefficient (Wildman–Crippen LogP) is 5.01. The van der Waals surface area contributed by atoms with Crippen molar-refractivity contribution in [2.24, 2.45) is 40.9 Å². The van der Waals surface area contributed by atoms with Crippen molar-refractivity contribution in [3.8, 4) is 12.3 Å². The van der Waals surface area contributed by atoms with Crippen LogP contribution in [0.15, 0.2) is 11.6 Å². The highest BCUT2D eigenvalue weighted by molar-refractivity contribution is 5.91. The lowest BCUT2D eigenvalue weighted by Gasteiger charge is -2.48. The van der Waals surface area contributed by atoms with Gasteiger partial charge in [0.1, 0.15) is 0 Å². The van der Waals surface area contributed by atoms with Crippen LogP contribution in [0.25, 0.3) is 0 Å². The molecule has 0 heterocycles. The van der Waals surface area contributed by atoms with Crippen molar-refractivity contribution in [2.45, 2.75) is 65.2 Å². The van der Waals surface area contributed by atoms with Crippen LogP contribution >= 0.6 is 0 Å². The minimum atomic E-state index is 0.349. The molecule has 0 aromatic rings. The third-order valence-electron chi connectivity index (χ3n) is 7.75. The summed E-state index contributed by atoms with van der Waals surface area (Å²) in [6.45, 7) is 4.94. The van der Waals surface area contributed by atoms with E-state index in [2.05, 4.69) is 19.8 Å². The van der Waals surface area contributed by atoms with Crippen LogP contribution in [0.1, 0.15) is 65.2 Å². The highest BCUT2D eigenvalue weighted by atomic mass is 16.1. The van der Waals surface area contributed by atoms with E-state index in [9.17, 15) is 4.79 Å². The standard InChI is InChI=1S/C22H30O/c1-4-20-18-13-19(18)21-17(9-6-10-22(20,21)3)14(2)11-15-7-5-8-16(23)12-15/h1,12,14,17-21H,5-11,13H2,2-3H3/t14-,17-,18-,19+,20-,21?,22+/m0/s1. The molecule has 1 heteroatoms. The fourth-order valence-electron chi connectivity index (χ4n) is 6.78. The predicted molar refractivity (Wildman–Crippen MR) is 93.6 cm³/mol. The zero-order valence-electron chi connectivity index (χ0n) is 14.7. The number of hydrogen-bond acceptors (Lipinski definition) is 1. The topological polar surface area (TPSA) is 17.1 Å². The van der Waals surface area contributed by atoms with Gasteiger partial charge in [0, 0.05) is 12.3 Å². The van der Waals surface area contributed by atoms with E-state index in [0.717, 1.165) is 49.4 Å². The van der Waals surface area contributed by atoms with E-state index in [0.29, 0.717) is 23.0 Å². The minimum absolute atomic E-state index is 0.349. The molecule has 0 N–H and O–H groups in total. The number of rotatable bonds is 3. The molecular weight excluding hydrogens is 280 g/mol. The third-order valence-corrected chi connectivity index (χ3v) is 7.75. The summed E-state index contributed by atoms with van der Waals surface area (Å²) in [6.07, 6.45) is 17.4. The lowest BCUT2D eigenvalue weighted by Crippen LogP contribution is -2.41. The Bertz CT molecular complexity index is 579. The molecule has 0 spiro atoms. The van der Waals surface area contributed by atoms with E-state index in [1.54, 1.807) is 0 Å². The van der Waals surface area contributed by atoms with Gasteiger partial charge in [0.05, 0.1) is 0 Å². The molecule has 124 valence electrons. The number of ketones is 1. The molecule has 0 bridgehead atoms. The molecular formula is C22H30O. The normalized spacial score (nSPS) is 46.4. The monoisotopic (exact) mass is 310 g/mol. The Hall–Kier alpha value is -1.03. The van der Waals surface area contributed by atoms with Crippen molar-refractivity contribution in [1.82, 2.24) is 0 Å². The largest absolute Gasteiger partial charge is 0.295 e. The number of carbonyl (C=O) groups excluding carboxylic acids is 1. The summed E-state index contributed by atoms with van der Waals surface area (Å²) in [6, 6.07) is 0. The Morgan fingerprint density at radius 3 is 2.91 bits per heavy atom. The summed E-state index contributed by atoms with van der Waals surface area (Å²) in [7, 11) is 0. The fourth-order valence-corrected chi connectivity index (χ4v) is 6.78. The average Bonchev–Trinajstić information content (AvgIpc) is 3.22. The van der Waals surface area contributed by atoms with Gasteiger partial charge in [-0.3, -0.25) is 4.79 Å². The van der Waals surface area contributed by atoms with Crippen molar-refractivity contribution in [2.75, 3.05) is 0 Å². The molecule has 1 unspecified atom stereocenters. The number of carbonyl (C=O) groups is 1. The zero-order valence-corrected chi connectivity index (χ0v) is 14.7. The molecule has 0 aromatic carbocycles. The van der Waals surface area contributed by atoms with E-state index in [1.165, 1.54) is 31.3 Å². The van der Waals surface area contributed by atoms with Gasteiger partial charge >= 0.3 is 0 Å². The van der Waals surface area contributed by atoms with Gasteiger partial charge in [0.25, 0.3) is 0 Å². The highest BCUT2D eigenvalue weighted by Gasteiger charge is 2.67. The number of hydrogen-bond donors (Lipinski definition) is 0. The van der Waals surface area contributed by atoms with Crippen molar-refractivity contribution in [3.63, 3.8) is 0 Å². The van der Waals surface area contributed by atoms with E-state index >= 15 is 0 Å². The molecule has 4 aliphatic carbocycles. The van der Waals surface area contributed by atoms with Crippen molar-refractivity contribution in [1.29, 1.82) is 0 Å². The second-order valence-electron chi connectivity index (χ2n) is 9.10. The van der Waals surface area contributed by atoms with Crippen LogP contribution in [0.4, 0.5) is 0 Å². The maximum Gasteiger partial charge on any atom is 0.155 e. The van der Waals surface area contributed by atoms with Crippen LogP contribution in [0.5, 0.6) is 0 Å². The first kappa shape index (κ1) is 15.5. The van der Waals surface area contributed by atoms with Gasteiger partial charge in [0.2, 0.25) is 0 Å². The SMILES string of the molecule is C#C[C@H]1[C@H]2C[C@H]2C2[C@H]([C@@H](C)CC3=CC(=O)CCC3)CCC[C@@]21C. The lowest BCUT2D eigenvalue weighted by atomic mass is 9.56. The third kappa shape index (κ3) is 2.41. The Balaban J connectivity index is 1.53. The molecule has 0 aliphatic heterocycles. The smallest absolute Gasteiger partial charge is 0.155 e. The van der Waals surface area contributed by atoms with Crippen LogP contribution in [0.2, 0.25) is 0 Å². The maximum atomic E-state index is 11.7. The first-order valence-corrected chi connectivity index (χ1v) is 9.73. The Kier molecular flexibility index (Phi) is 3.71. The summed E-state index contributed by atoms with van der Waals surface area (Å²) < 4.78 is 0. The van der Waals surface area contributed by atoms with Gasteiger partial charge in [-0.2, -0.15) is 0 Å². The first-order chi connectivity index (χ1) is 11.0. The van der Waals surface area contributed by atoms with E-state index in [-0.39, 0.29) is 0 Å². The molecule has 1 nitrogen and oxygen atoms in total.